The number of thioether (sulfide) groups is 1. The molecule has 4 heteroatoms. The first-order valence-electron chi connectivity index (χ1n) is 5.31. The van der Waals surface area contributed by atoms with E-state index >= 15 is 0 Å². The average Bonchev–Trinajstić information content (AvgIpc) is 2.38. The number of hydrogen-bond acceptors (Lipinski definition) is 2. The number of halogens is 2. The van der Waals surface area contributed by atoms with Gasteiger partial charge in [-0.1, -0.05) is 29.8 Å². The molecule has 2 aromatic carbocycles. The predicted octanol–water partition coefficient (Wildman–Crippen LogP) is 4.58. The van der Waals surface area contributed by atoms with Gasteiger partial charge in [-0.05, 0) is 29.8 Å². The first kappa shape index (κ1) is 13.1. The van der Waals surface area contributed by atoms with Crippen LogP contribution in [0, 0.1) is 5.82 Å². The summed E-state index contributed by atoms with van der Waals surface area (Å²) in [5.41, 5.74) is 1.25. The molecule has 18 heavy (non-hydrogen) atoms. The van der Waals surface area contributed by atoms with Gasteiger partial charge < -0.3 is 0 Å². The zero-order chi connectivity index (χ0) is 13.0. The van der Waals surface area contributed by atoms with Gasteiger partial charge in [-0.15, -0.1) is 11.8 Å². The molecule has 0 aliphatic carbocycles. The molecule has 1 nitrogen and oxygen atoms in total. The van der Waals surface area contributed by atoms with Crippen molar-refractivity contribution < 1.29 is 9.18 Å². The molecule has 0 heterocycles. The van der Waals surface area contributed by atoms with Gasteiger partial charge in [0.1, 0.15) is 12.1 Å². The fourth-order valence-corrected chi connectivity index (χ4v) is 2.49. The van der Waals surface area contributed by atoms with Gasteiger partial charge in [0, 0.05) is 21.2 Å². The molecule has 0 bridgehead atoms. The predicted molar refractivity (Wildman–Crippen MR) is 72.8 cm³/mol. The minimum absolute atomic E-state index is 0.292. The maximum Gasteiger partial charge on any atom is 0.150 e. The Morgan fingerprint density at radius 3 is 2.50 bits per heavy atom. The largest absolute Gasteiger partial charge is 0.298 e. The van der Waals surface area contributed by atoms with Crippen LogP contribution in [-0.2, 0) is 5.75 Å². The lowest BCUT2D eigenvalue weighted by Crippen LogP contribution is -1.87. The van der Waals surface area contributed by atoms with Crippen LogP contribution in [0.2, 0.25) is 5.02 Å². The van der Waals surface area contributed by atoms with Gasteiger partial charge in [0.2, 0.25) is 0 Å². The molecule has 2 aromatic rings. The van der Waals surface area contributed by atoms with Gasteiger partial charge in [0.15, 0.2) is 0 Å². The molecule has 0 amide bonds. The molecule has 0 N–H and O–H groups in total. The van der Waals surface area contributed by atoms with Crippen molar-refractivity contribution >= 4 is 29.6 Å². The van der Waals surface area contributed by atoms with Crippen LogP contribution in [0.25, 0.3) is 0 Å². The van der Waals surface area contributed by atoms with Crippen LogP contribution in [0.3, 0.4) is 0 Å². The standard InChI is InChI=1S/C14H10ClFOS/c15-12-4-3-11(14(16)7-12)9-18-13-5-1-10(8-17)2-6-13/h1-8H,9H2. The highest BCUT2D eigenvalue weighted by Gasteiger charge is 2.04. The number of benzene rings is 2. The third-order valence-corrected chi connectivity index (χ3v) is 3.72. The SMILES string of the molecule is O=Cc1ccc(SCc2ccc(Cl)cc2F)cc1. The second-order valence-electron chi connectivity index (χ2n) is 3.71. The lowest BCUT2D eigenvalue weighted by molar-refractivity contribution is 0.112. The van der Waals surface area contributed by atoms with Gasteiger partial charge >= 0.3 is 0 Å². The Morgan fingerprint density at radius 1 is 1.17 bits per heavy atom. The molecule has 0 saturated heterocycles. The molecule has 92 valence electrons. The van der Waals surface area contributed by atoms with Gasteiger partial charge in [0.25, 0.3) is 0 Å². The maximum atomic E-state index is 13.5. The first-order chi connectivity index (χ1) is 8.69. The van der Waals surface area contributed by atoms with E-state index in [0.29, 0.717) is 21.9 Å². The summed E-state index contributed by atoms with van der Waals surface area (Å²) in [6, 6.07) is 11.9. The van der Waals surface area contributed by atoms with Crippen LogP contribution >= 0.6 is 23.4 Å². The Hall–Kier alpha value is -1.32. The molecule has 0 atom stereocenters. The molecule has 0 aromatic heterocycles. The second kappa shape index (κ2) is 6.03. The van der Waals surface area contributed by atoms with Crippen molar-refractivity contribution in [1.82, 2.24) is 0 Å². The van der Waals surface area contributed by atoms with Gasteiger partial charge in [0.05, 0.1) is 0 Å². The van der Waals surface area contributed by atoms with Crippen molar-refractivity contribution in [3.8, 4) is 0 Å². The highest BCUT2D eigenvalue weighted by molar-refractivity contribution is 7.98. The zero-order valence-electron chi connectivity index (χ0n) is 9.40. The van der Waals surface area contributed by atoms with Crippen molar-refractivity contribution in [1.29, 1.82) is 0 Å². The highest BCUT2D eigenvalue weighted by atomic mass is 35.5. The fraction of sp³-hybridized carbons (Fsp3) is 0.0714. The molecule has 0 aliphatic heterocycles. The summed E-state index contributed by atoms with van der Waals surface area (Å²) < 4.78 is 13.5. The van der Waals surface area contributed by atoms with Crippen molar-refractivity contribution in [2.45, 2.75) is 10.6 Å². The van der Waals surface area contributed by atoms with Crippen molar-refractivity contribution in [3.63, 3.8) is 0 Å². The van der Waals surface area contributed by atoms with E-state index in [4.69, 9.17) is 11.6 Å². The number of rotatable bonds is 4. The van der Waals surface area contributed by atoms with E-state index in [1.54, 1.807) is 24.3 Å². The van der Waals surface area contributed by atoms with E-state index in [2.05, 4.69) is 0 Å². The Labute approximate surface area is 114 Å². The Bertz CT molecular complexity index is 554. The summed E-state index contributed by atoms with van der Waals surface area (Å²) in [5.74, 6) is 0.239. The third kappa shape index (κ3) is 3.34. The van der Waals surface area contributed by atoms with Crippen LogP contribution in [0.1, 0.15) is 15.9 Å². The topological polar surface area (TPSA) is 17.1 Å². The molecule has 0 spiro atoms. The summed E-state index contributed by atoms with van der Waals surface area (Å²) in [6.07, 6.45) is 0.799. The van der Waals surface area contributed by atoms with Crippen molar-refractivity contribution in [2.24, 2.45) is 0 Å². The minimum Gasteiger partial charge on any atom is -0.298 e. The van der Waals surface area contributed by atoms with E-state index in [1.165, 1.54) is 17.8 Å². The average molecular weight is 281 g/mol. The summed E-state index contributed by atoms with van der Waals surface area (Å²) >= 11 is 7.20. The minimum atomic E-state index is -0.292. The normalized spacial score (nSPS) is 10.3. The molecule has 0 radical (unpaired) electrons. The second-order valence-corrected chi connectivity index (χ2v) is 5.20. The highest BCUT2D eigenvalue weighted by Crippen LogP contribution is 2.25. The molecule has 0 aliphatic rings. The third-order valence-electron chi connectivity index (χ3n) is 2.43. The van der Waals surface area contributed by atoms with Gasteiger partial charge in [-0.25, -0.2) is 4.39 Å². The Kier molecular flexibility index (Phi) is 4.39. The molecular formula is C14H10ClFOS. The van der Waals surface area contributed by atoms with E-state index in [9.17, 15) is 9.18 Å². The van der Waals surface area contributed by atoms with Crippen LogP contribution in [0.5, 0.6) is 0 Å². The summed E-state index contributed by atoms with van der Waals surface area (Å²) in [4.78, 5) is 11.5. The van der Waals surface area contributed by atoms with E-state index in [-0.39, 0.29) is 5.82 Å². The summed E-state index contributed by atoms with van der Waals surface area (Å²) in [7, 11) is 0. The van der Waals surface area contributed by atoms with Gasteiger partial charge in [-0.2, -0.15) is 0 Å². The molecular weight excluding hydrogens is 271 g/mol. The number of aldehydes is 1. The maximum absolute atomic E-state index is 13.5. The smallest absolute Gasteiger partial charge is 0.150 e. The first-order valence-corrected chi connectivity index (χ1v) is 6.67. The lowest BCUT2D eigenvalue weighted by Gasteiger charge is -2.04. The van der Waals surface area contributed by atoms with E-state index < -0.39 is 0 Å². The lowest BCUT2D eigenvalue weighted by atomic mass is 10.2. The van der Waals surface area contributed by atoms with E-state index in [1.807, 2.05) is 12.1 Å². The van der Waals surface area contributed by atoms with Crippen LogP contribution in [-0.4, -0.2) is 6.29 Å². The zero-order valence-corrected chi connectivity index (χ0v) is 11.0. The van der Waals surface area contributed by atoms with E-state index in [0.717, 1.165) is 11.2 Å². The fourth-order valence-electron chi connectivity index (χ4n) is 1.44. The molecule has 0 fully saturated rings. The summed E-state index contributed by atoms with van der Waals surface area (Å²) in [5, 5.41) is 0.400. The van der Waals surface area contributed by atoms with Gasteiger partial charge in [-0.3, -0.25) is 4.79 Å². The molecule has 0 unspecified atom stereocenters. The number of carbonyl (C=O) groups is 1. The van der Waals surface area contributed by atoms with Crippen molar-refractivity contribution in [3.05, 3.63) is 64.4 Å². The van der Waals surface area contributed by atoms with Crippen LogP contribution in [0.4, 0.5) is 4.39 Å². The van der Waals surface area contributed by atoms with Crippen molar-refractivity contribution in [2.75, 3.05) is 0 Å². The number of hydrogen-bond donors (Lipinski definition) is 0. The van der Waals surface area contributed by atoms with Crippen LogP contribution in [0.15, 0.2) is 47.4 Å². The quantitative estimate of drug-likeness (QED) is 0.602. The summed E-state index contributed by atoms with van der Waals surface area (Å²) in [6.45, 7) is 0. The van der Waals surface area contributed by atoms with Crippen LogP contribution < -0.4 is 0 Å². The number of carbonyl (C=O) groups excluding carboxylic acids is 1. The molecule has 2 rings (SSSR count). The monoisotopic (exact) mass is 280 g/mol. The Morgan fingerprint density at radius 2 is 1.89 bits per heavy atom. The molecule has 0 saturated carbocycles. The Balaban J connectivity index is 2.04.